The third-order valence-electron chi connectivity index (χ3n) is 6.96. The number of benzene rings is 5. The van der Waals surface area contributed by atoms with Crippen LogP contribution in [-0.2, 0) is 0 Å². The molecule has 0 saturated heterocycles. The third-order valence-corrected chi connectivity index (χ3v) is 8.11. The van der Waals surface area contributed by atoms with E-state index in [2.05, 4.69) is 109 Å². The van der Waals surface area contributed by atoms with Crippen LogP contribution >= 0.6 is 11.3 Å². The molecule has 5 aromatic carbocycles. The predicted octanol–water partition coefficient (Wildman–Crippen LogP) is 9.00. The molecule has 0 aliphatic rings. The maximum absolute atomic E-state index is 9.44. The second-order valence-electron chi connectivity index (χ2n) is 8.97. The van der Waals surface area contributed by atoms with Gasteiger partial charge in [-0.15, -0.1) is 11.3 Å². The molecule has 164 valence electrons. The van der Waals surface area contributed by atoms with Crippen molar-refractivity contribution in [3.05, 3.63) is 114 Å². The smallest absolute Gasteiger partial charge is 0.0991 e. The highest BCUT2D eigenvalue weighted by atomic mass is 32.1. The number of hydrogen-bond donors (Lipinski definition) is 0. The van der Waals surface area contributed by atoms with Crippen LogP contribution in [0.5, 0.6) is 0 Å². The summed E-state index contributed by atoms with van der Waals surface area (Å²) in [7, 11) is 0. The lowest BCUT2D eigenvalue weighted by Crippen LogP contribution is -1.99. The molecular weight excluding hydrogens is 444 g/mol. The minimum atomic E-state index is 0.699. The summed E-state index contributed by atoms with van der Waals surface area (Å²) in [6.45, 7) is 2.19. The maximum atomic E-state index is 9.44. The molecule has 3 heteroatoms. The summed E-state index contributed by atoms with van der Waals surface area (Å²) in [4.78, 5) is 0. The number of rotatable bonds is 2. The molecule has 7 rings (SSSR count). The Morgan fingerprint density at radius 2 is 1.31 bits per heavy atom. The first-order valence-corrected chi connectivity index (χ1v) is 12.5. The summed E-state index contributed by atoms with van der Waals surface area (Å²) in [6, 6.07) is 38.9. The second-order valence-corrected chi connectivity index (χ2v) is 10.1. The molecule has 0 radical (unpaired) electrons. The summed E-state index contributed by atoms with van der Waals surface area (Å²) in [5.74, 6) is 0. The highest BCUT2D eigenvalue weighted by molar-refractivity contribution is 7.25. The van der Waals surface area contributed by atoms with Gasteiger partial charge in [-0.25, -0.2) is 0 Å². The first-order chi connectivity index (χ1) is 17.2. The molecular formula is C32H20N2S. The van der Waals surface area contributed by atoms with Gasteiger partial charge < -0.3 is 4.57 Å². The molecule has 0 atom stereocenters. The van der Waals surface area contributed by atoms with Crippen LogP contribution in [0.2, 0.25) is 0 Å². The topological polar surface area (TPSA) is 28.7 Å². The predicted molar refractivity (Wildman–Crippen MR) is 149 cm³/mol. The molecule has 0 amide bonds. The first-order valence-electron chi connectivity index (χ1n) is 11.7. The van der Waals surface area contributed by atoms with Gasteiger partial charge in [0.05, 0.1) is 28.4 Å². The van der Waals surface area contributed by atoms with E-state index in [9.17, 15) is 5.26 Å². The number of hydrogen-bond acceptors (Lipinski definition) is 2. The van der Waals surface area contributed by atoms with Crippen molar-refractivity contribution in [3.8, 4) is 22.9 Å². The Bertz CT molecular complexity index is 1930. The normalized spacial score (nSPS) is 11.5. The summed E-state index contributed by atoms with van der Waals surface area (Å²) in [6.07, 6.45) is 0. The fourth-order valence-corrected chi connectivity index (χ4v) is 6.47. The van der Waals surface area contributed by atoms with Gasteiger partial charge in [-0.1, -0.05) is 54.6 Å². The lowest BCUT2D eigenvalue weighted by Gasteiger charge is -2.16. The summed E-state index contributed by atoms with van der Waals surface area (Å²) in [5, 5.41) is 14.3. The van der Waals surface area contributed by atoms with Crippen LogP contribution in [0, 0.1) is 18.3 Å². The van der Waals surface area contributed by atoms with E-state index in [4.69, 9.17) is 0 Å². The van der Waals surface area contributed by atoms with E-state index in [1.54, 1.807) is 11.3 Å². The molecule has 0 spiro atoms. The van der Waals surface area contributed by atoms with E-state index >= 15 is 0 Å². The average molecular weight is 465 g/mol. The number of para-hydroxylation sites is 2. The molecule has 0 fully saturated rings. The Morgan fingerprint density at radius 1 is 0.657 bits per heavy atom. The van der Waals surface area contributed by atoms with Gasteiger partial charge in [0.2, 0.25) is 0 Å². The molecule has 0 aliphatic heterocycles. The van der Waals surface area contributed by atoms with Crippen molar-refractivity contribution >= 4 is 53.3 Å². The molecule has 2 nitrogen and oxygen atoms in total. The highest BCUT2D eigenvalue weighted by Gasteiger charge is 2.17. The lowest BCUT2D eigenvalue weighted by atomic mass is 9.96. The van der Waals surface area contributed by atoms with Crippen molar-refractivity contribution in [2.75, 3.05) is 0 Å². The van der Waals surface area contributed by atoms with Crippen LogP contribution in [0.4, 0.5) is 0 Å². The maximum Gasteiger partial charge on any atom is 0.0991 e. The number of nitrogens with zero attached hydrogens (tertiary/aromatic N) is 2. The number of aromatic nitrogens is 1. The van der Waals surface area contributed by atoms with Gasteiger partial charge in [0.1, 0.15) is 0 Å². The number of fused-ring (bicyclic) bond motifs is 6. The van der Waals surface area contributed by atoms with Crippen molar-refractivity contribution in [1.82, 2.24) is 4.57 Å². The molecule has 0 unspecified atom stereocenters. The van der Waals surface area contributed by atoms with Crippen molar-refractivity contribution in [2.24, 2.45) is 0 Å². The molecule has 35 heavy (non-hydrogen) atoms. The van der Waals surface area contributed by atoms with Gasteiger partial charge in [-0.2, -0.15) is 5.26 Å². The molecule has 0 bridgehead atoms. The molecule has 7 aromatic rings. The van der Waals surface area contributed by atoms with Gasteiger partial charge in [0.25, 0.3) is 0 Å². The number of nitriles is 1. The quantitative estimate of drug-likeness (QED) is 0.251. The average Bonchev–Trinajstić information content (AvgIpc) is 3.43. The zero-order valence-electron chi connectivity index (χ0n) is 19.1. The van der Waals surface area contributed by atoms with Crippen LogP contribution in [0.15, 0.2) is 103 Å². The van der Waals surface area contributed by atoms with Gasteiger partial charge in [-0.05, 0) is 66.6 Å². The summed E-state index contributed by atoms with van der Waals surface area (Å²) in [5.41, 5.74) is 7.96. The van der Waals surface area contributed by atoms with E-state index in [1.807, 2.05) is 12.1 Å². The minimum absolute atomic E-state index is 0.699. The van der Waals surface area contributed by atoms with Gasteiger partial charge in [-0.3, -0.25) is 0 Å². The Labute approximate surface area is 206 Å². The molecule has 0 N–H and O–H groups in total. The van der Waals surface area contributed by atoms with Crippen molar-refractivity contribution in [1.29, 1.82) is 5.26 Å². The summed E-state index contributed by atoms with van der Waals surface area (Å²) >= 11 is 1.78. The SMILES string of the molecule is Cc1cccc(-n2c3ccccc3c3ccccc32)c1-c1ccc2sc3ccc(C#N)cc3c2c1. The van der Waals surface area contributed by atoms with Crippen LogP contribution in [-0.4, -0.2) is 4.57 Å². The summed E-state index contributed by atoms with van der Waals surface area (Å²) < 4.78 is 4.85. The fraction of sp³-hybridized carbons (Fsp3) is 0.0312. The van der Waals surface area contributed by atoms with Crippen LogP contribution < -0.4 is 0 Å². The molecule has 2 aromatic heterocycles. The Hall–Kier alpha value is -4.39. The molecule has 2 heterocycles. The molecule has 0 saturated carbocycles. The standard InChI is InChI=1S/C32H20N2S/c1-20-7-6-12-29(34-27-10-4-2-8-23(27)24-9-3-5-11-28(24)34)32(20)22-14-16-31-26(18-22)25-17-21(19-33)13-15-30(25)35-31/h2-18H,1H3. The largest absolute Gasteiger partial charge is 0.309 e. The van der Waals surface area contributed by atoms with Gasteiger partial charge >= 0.3 is 0 Å². The first kappa shape index (κ1) is 20.0. The Kier molecular flexibility index (Phi) is 4.33. The van der Waals surface area contributed by atoms with Gasteiger partial charge in [0, 0.05) is 36.5 Å². The lowest BCUT2D eigenvalue weighted by molar-refractivity contribution is 1.17. The van der Waals surface area contributed by atoms with E-state index in [-0.39, 0.29) is 0 Å². The van der Waals surface area contributed by atoms with Crippen LogP contribution in [0.1, 0.15) is 11.1 Å². The highest BCUT2D eigenvalue weighted by Crippen LogP contribution is 2.41. The third kappa shape index (κ3) is 2.94. The monoisotopic (exact) mass is 464 g/mol. The zero-order valence-corrected chi connectivity index (χ0v) is 19.9. The minimum Gasteiger partial charge on any atom is -0.309 e. The van der Waals surface area contributed by atoms with E-state index in [1.165, 1.54) is 59.0 Å². The Balaban J connectivity index is 1.56. The van der Waals surface area contributed by atoms with Crippen LogP contribution in [0.3, 0.4) is 0 Å². The number of thiophene rings is 1. The Morgan fingerprint density at radius 3 is 2.03 bits per heavy atom. The van der Waals surface area contributed by atoms with E-state index in [0.29, 0.717) is 5.56 Å². The van der Waals surface area contributed by atoms with Crippen LogP contribution in [0.25, 0.3) is 58.8 Å². The fourth-order valence-electron chi connectivity index (χ4n) is 5.40. The van der Waals surface area contributed by atoms with Crippen molar-refractivity contribution in [3.63, 3.8) is 0 Å². The van der Waals surface area contributed by atoms with E-state index in [0.717, 1.165) is 5.39 Å². The van der Waals surface area contributed by atoms with Crippen molar-refractivity contribution in [2.45, 2.75) is 6.92 Å². The zero-order chi connectivity index (χ0) is 23.5. The molecule has 0 aliphatic carbocycles. The second kappa shape index (κ2) is 7.56. The van der Waals surface area contributed by atoms with Crippen molar-refractivity contribution < 1.29 is 0 Å². The van der Waals surface area contributed by atoms with Gasteiger partial charge in [0.15, 0.2) is 0 Å². The number of aryl methyl sites for hydroxylation is 1. The van der Waals surface area contributed by atoms with E-state index < -0.39 is 0 Å².